The average Bonchev–Trinajstić information content (AvgIpc) is 2.95. The zero-order chi connectivity index (χ0) is 15.1. The Bertz CT molecular complexity index is 568. The molecule has 1 aromatic carbocycles. The summed E-state index contributed by atoms with van der Waals surface area (Å²) in [5, 5.41) is 11.7. The smallest absolute Gasteiger partial charge is 0.287 e. The third kappa shape index (κ3) is 4.65. The average molecular weight is 305 g/mol. The Hall–Kier alpha value is -1.72. The lowest BCUT2D eigenvalue weighted by molar-refractivity contribution is 0.0905. The second-order valence-electron chi connectivity index (χ2n) is 4.76. The maximum Gasteiger partial charge on any atom is 0.287 e. The zero-order valence-corrected chi connectivity index (χ0v) is 12.7. The molecule has 5 heteroatoms. The van der Waals surface area contributed by atoms with Crippen molar-refractivity contribution in [3.8, 4) is 0 Å². The summed E-state index contributed by atoms with van der Waals surface area (Å²) in [6.07, 6.45) is 2.06. The SMILES string of the molecule is CC(CCO)NC(=O)c1occc1CSc1ccccc1. The number of nitrogens with one attached hydrogen (secondary N) is 1. The molecule has 1 aromatic heterocycles. The van der Waals surface area contributed by atoms with E-state index in [0.29, 0.717) is 17.9 Å². The van der Waals surface area contributed by atoms with Gasteiger partial charge in [-0.1, -0.05) is 18.2 Å². The largest absolute Gasteiger partial charge is 0.459 e. The molecule has 1 amide bonds. The van der Waals surface area contributed by atoms with E-state index in [4.69, 9.17) is 9.52 Å². The molecule has 0 saturated heterocycles. The predicted molar refractivity (Wildman–Crippen MR) is 83.3 cm³/mol. The van der Waals surface area contributed by atoms with E-state index in [0.717, 1.165) is 10.5 Å². The summed E-state index contributed by atoms with van der Waals surface area (Å²) in [5.41, 5.74) is 0.873. The van der Waals surface area contributed by atoms with Crippen molar-refractivity contribution in [2.24, 2.45) is 0 Å². The summed E-state index contributed by atoms with van der Waals surface area (Å²) in [6, 6.07) is 11.8. The third-order valence-electron chi connectivity index (χ3n) is 3.03. The summed E-state index contributed by atoms with van der Waals surface area (Å²) in [6.45, 7) is 1.91. The van der Waals surface area contributed by atoms with E-state index in [1.165, 1.54) is 6.26 Å². The van der Waals surface area contributed by atoms with E-state index < -0.39 is 0 Å². The molecule has 0 aliphatic heterocycles. The van der Waals surface area contributed by atoms with Gasteiger partial charge in [0.25, 0.3) is 5.91 Å². The topological polar surface area (TPSA) is 62.5 Å². The summed E-state index contributed by atoms with van der Waals surface area (Å²) in [4.78, 5) is 13.3. The first-order chi connectivity index (χ1) is 10.2. The first-order valence-corrected chi connectivity index (χ1v) is 7.85. The highest BCUT2D eigenvalue weighted by atomic mass is 32.2. The molecule has 0 bridgehead atoms. The van der Waals surface area contributed by atoms with Crippen LogP contribution in [0.3, 0.4) is 0 Å². The lowest BCUT2D eigenvalue weighted by Crippen LogP contribution is -2.33. The molecule has 4 nitrogen and oxygen atoms in total. The fourth-order valence-electron chi connectivity index (χ4n) is 1.88. The number of aliphatic hydroxyl groups excluding tert-OH is 1. The Morgan fingerprint density at radius 1 is 1.33 bits per heavy atom. The fourth-order valence-corrected chi connectivity index (χ4v) is 2.78. The van der Waals surface area contributed by atoms with Crippen LogP contribution < -0.4 is 5.32 Å². The molecule has 0 saturated carbocycles. The molecule has 0 aliphatic rings. The molecule has 0 spiro atoms. The van der Waals surface area contributed by atoms with Gasteiger partial charge in [-0.15, -0.1) is 11.8 Å². The summed E-state index contributed by atoms with van der Waals surface area (Å²) in [7, 11) is 0. The van der Waals surface area contributed by atoms with Crippen LogP contribution in [0.25, 0.3) is 0 Å². The van der Waals surface area contributed by atoms with Crippen LogP contribution in [0, 0.1) is 0 Å². The highest BCUT2D eigenvalue weighted by molar-refractivity contribution is 7.98. The minimum Gasteiger partial charge on any atom is -0.459 e. The second kappa shape index (κ2) is 7.90. The molecule has 1 unspecified atom stereocenters. The summed E-state index contributed by atoms with van der Waals surface area (Å²) < 4.78 is 5.31. The van der Waals surface area contributed by atoms with Crippen LogP contribution in [0.2, 0.25) is 0 Å². The second-order valence-corrected chi connectivity index (χ2v) is 5.81. The molecular formula is C16H19NO3S. The number of benzene rings is 1. The number of furan rings is 1. The molecule has 0 aliphatic carbocycles. The molecule has 0 fully saturated rings. The minimum absolute atomic E-state index is 0.0519. The highest BCUT2D eigenvalue weighted by Crippen LogP contribution is 2.24. The highest BCUT2D eigenvalue weighted by Gasteiger charge is 2.17. The van der Waals surface area contributed by atoms with Crippen molar-refractivity contribution in [3.63, 3.8) is 0 Å². The lowest BCUT2D eigenvalue weighted by atomic mass is 10.2. The maximum atomic E-state index is 12.1. The van der Waals surface area contributed by atoms with Crippen molar-refractivity contribution < 1.29 is 14.3 Å². The molecule has 1 heterocycles. The van der Waals surface area contributed by atoms with Gasteiger partial charge in [0.1, 0.15) is 0 Å². The van der Waals surface area contributed by atoms with Crippen LogP contribution in [-0.2, 0) is 5.75 Å². The summed E-state index contributed by atoms with van der Waals surface area (Å²) >= 11 is 1.66. The number of rotatable bonds is 7. The van der Waals surface area contributed by atoms with E-state index in [1.54, 1.807) is 11.8 Å². The quantitative estimate of drug-likeness (QED) is 0.772. The number of aliphatic hydroxyl groups is 1. The first-order valence-electron chi connectivity index (χ1n) is 6.86. The number of hydrogen-bond acceptors (Lipinski definition) is 4. The van der Waals surface area contributed by atoms with Gasteiger partial charge in [0.15, 0.2) is 5.76 Å². The van der Waals surface area contributed by atoms with Crippen molar-refractivity contribution in [2.75, 3.05) is 6.61 Å². The minimum atomic E-state index is -0.232. The number of amides is 1. The van der Waals surface area contributed by atoms with Crippen LogP contribution in [0.15, 0.2) is 52.0 Å². The van der Waals surface area contributed by atoms with Crippen molar-refractivity contribution in [3.05, 3.63) is 54.0 Å². The molecule has 2 aromatic rings. The standard InChI is InChI=1S/C16H19NO3S/c1-12(7-9-18)17-16(19)15-13(8-10-20-15)11-21-14-5-3-2-4-6-14/h2-6,8,10,12,18H,7,9,11H2,1H3,(H,17,19). The Kier molecular flexibility index (Phi) is 5.90. The Balaban J connectivity index is 1.96. The van der Waals surface area contributed by atoms with Gasteiger partial charge < -0.3 is 14.8 Å². The van der Waals surface area contributed by atoms with Crippen LogP contribution in [-0.4, -0.2) is 23.7 Å². The van der Waals surface area contributed by atoms with Gasteiger partial charge >= 0.3 is 0 Å². The predicted octanol–water partition coefficient (Wildman–Crippen LogP) is 3.07. The van der Waals surface area contributed by atoms with Crippen molar-refractivity contribution >= 4 is 17.7 Å². The molecule has 0 radical (unpaired) electrons. The van der Waals surface area contributed by atoms with Gasteiger partial charge in [-0.05, 0) is 31.5 Å². The third-order valence-corrected chi connectivity index (χ3v) is 4.09. The first kappa shape index (κ1) is 15.7. The van der Waals surface area contributed by atoms with Crippen LogP contribution >= 0.6 is 11.8 Å². The molecular weight excluding hydrogens is 286 g/mol. The van der Waals surface area contributed by atoms with Gasteiger partial charge in [0.05, 0.1) is 6.26 Å². The van der Waals surface area contributed by atoms with Crippen molar-refractivity contribution in [1.82, 2.24) is 5.32 Å². The van der Waals surface area contributed by atoms with Gasteiger partial charge in [-0.2, -0.15) is 0 Å². The van der Waals surface area contributed by atoms with Crippen LogP contribution in [0.4, 0.5) is 0 Å². The van der Waals surface area contributed by atoms with Crippen LogP contribution in [0.1, 0.15) is 29.5 Å². The maximum absolute atomic E-state index is 12.1. The van der Waals surface area contributed by atoms with E-state index in [9.17, 15) is 4.79 Å². The molecule has 2 rings (SSSR count). The zero-order valence-electron chi connectivity index (χ0n) is 11.9. The normalized spacial score (nSPS) is 12.1. The van der Waals surface area contributed by atoms with E-state index in [-0.39, 0.29) is 18.6 Å². The fraction of sp³-hybridized carbons (Fsp3) is 0.312. The van der Waals surface area contributed by atoms with Crippen molar-refractivity contribution in [2.45, 2.75) is 30.0 Å². The number of carbonyl (C=O) groups excluding carboxylic acids is 1. The van der Waals surface area contributed by atoms with Gasteiger partial charge in [-0.25, -0.2) is 0 Å². The van der Waals surface area contributed by atoms with Crippen LogP contribution in [0.5, 0.6) is 0 Å². The van der Waals surface area contributed by atoms with E-state index in [1.807, 2.05) is 43.3 Å². The Morgan fingerprint density at radius 2 is 2.10 bits per heavy atom. The molecule has 112 valence electrons. The van der Waals surface area contributed by atoms with E-state index in [2.05, 4.69) is 5.32 Å². The molecule has 2 N–H and O–H groups in total. The number of carbonyl (C=O) groups is 1. The van der Waals surface area contributed by atoms with E-state index >= 15 is 0 Å². The molecule has 1 atom stereocenters. The Labute approximate surface area is 128 Å². The van der Waals surface area contributed by atoms with Gasteiger partial charge in [0.2, 0.25) is 0 Å². The Morgan fingerprint density at radius 3 is 2.81 bits per heavy atom. The number of thioether (sulfide) groups is 1. The van der Waals surface area contributed by atoms with Gasteiger partial charge in [0, 0.05) is 28.9 Å². The van der Waals surface area contributed by atoms with Gasteiger partial charge in [-0.3, -0.25) is 4.79 Å². The monoisotopic (exact) mass is 305 g/mol. The number of hydrogen-bond donors (Lipinski definition) is 2. The molecule has 21 heavy (non-hydrogen) atoms. The lowest BCUT2D eigenvalue weighted by Gasteiger charge is -2.11. The summed E-state index contributed by atoms with van der Waals surface area (Å²) in [5.74, 6) is 0.797. The van der Waals surface area contributed by atoms with Crippen molar-refractivity contribution in [1.29, 1.82) is 0 Å².